The molecule has 2 rings (SSSR count). The predicted molar refractivity (Wildman–Crippen MR) is 70.7 cm³/mol. The normalized spacial score (nSPS) is 31.8. The zero-order chi connectivity index (χ0) is 13.0. The van der Waals surface area contributed by atoms with Gasteiger partial charge < -0.3 is 5.73 Å². The maximum absolute atomic E-state index is 13.2. The summed E-state index contributed by atoms with van der Waals surface area (Å²) >= 11 is 0. The third-order valence-corrected chi connectivity index (χ3v) is 4.87. The van der Waals surface area contributed by atoms with Crippen LogP contribution in [0, 0.1) is 11.8 Å². The van der Waals surface area contributed by atoms with E-state index in [9.17, 15) is 8.78 Å². The van der Waals surface area contributed by atoms with Crippen LogP contribution in [-0.2, 0) is 0 Å². The van der Waals surface area contributed by atoms with Crippen LogP contribution in [0.15, 0.2) is 0 Å². The van der Waals surface area contributed by atoms with Gasteiger partial charge in [0.15, 0.2) is 0 Å². The highest BCUT2D eigenvalue weighted by Gasteiger charge is 2.40. The Balaban J connectivity index is 1.77. The molecule has 2 N–H and O–H groups in total. The Morgan fingerprint density at radius 3 is 2.17 bits per heavy atom. The third kappa shape index (κ3) is 4.18. The van der Waals surface area contributed by atoms with E-state index in [2.05, 4.69) is 0 Å². The van der Waals surface area contributed by atoms with Gasteiger partial charge in [0, 0.05) is 18.9 Å². The average molecular weight is 259 g/mol. The first-order valence-corrected chi connectivity index (χ1v) is 7.70. The summed E-state index contributed by atoms with van der Waals surface area (Å²) in [5, 5.41) is 0. The Morgan fingerprint density at radius 2 is 1.61 bits per heavy atom. The zero-order valence-electron chi connectivity index (χ0n) is 11.3. The molecule has 2 saturated carbocycles. The molecule has 3 heteroatoms. The quantitative estimate of drug-likeness (QED) is 0.793. The molecule has 1 nitrogen and oxygen atoms in total. The van der Waals surface area contributed by atoms with Gasteiger partial charge in [-0.05, 0) is 37.5 Å². The fourth-order valence-electron chi connectivity index (χ4n) is 3.74. The van der Waals surface area contributed by atoms with Crippen LogP contribution in [0.2, 0.25) is 0 Å². The van der Waals surface area contributed by atoms with E-state index in [1.807, 2.05) is 0 Å². The lowest BCUT2D eigenvalue weighted by molar-refractivity contribution is 0.00417. The van der Waals surface area contributed by atoms with Crippen molar-refractivity contribution in [2.75, 3.05) is 0 Å². The van der Waals surface area contributed by atoms with Gasteiger partial charge in [0.05, 0.1) is 0 Å². The lowest BCUT2D eigenvalue weighted by atomic mass is 9.82. The Labute approximate surface area is 110 Å². The first kappa shape index (κ1) is 14.2. The van der Waals surface area contributed by atoms with E-state index in [-0.39, 0.29) is 24.8 Å². The van der Waals surface area contributed by atoms with Crippen LogP contribution in [0.25, 0.3) is 0 Å². The summed E-state index contributed by atoms with van der Waals surface area (Å²) in [5.74, 6) is -1.66. The van der Waals surface area contributed by atoms with Crippen molar-refractivity contribution in [1.29, 1.82) is 0 Å². The summed E-state index contributed by atoms with van der Waals surface area (Å²) < 4.78 is 26.3. The van der Waals surface area contributed by atoms with Crippen molar-refractivity contribution in [1.82, 2.24) is 0 Å². The fraction of sp³-hybridized carbons (Fsp3) is 1.00. The SMILES string of the molecule is NC(CC1CCC(F)(F)C1)C1CCCCCCC1. The minimum absolute atomic E-state index is 0.0768. The molecule has 0 heterocycles. The molecule has 0 amide bonds. The van der Waals surface area contributed by atoms with Crippen LogP contribution < -0.4 is 5.73 Å². The van der Waals surface area contributed by atoms with Crippen LogP contribution in [0.3, 0.4) is 0 Å². The Morgan fingerprint density at radius 1 is 1.00 bits per heavy atom. The number of halogens is 2. The Bertz CT molecular complexity index is 247. The van der Waals surface area contributed by atoms with Gasteiger partial charge in [-0.3, -0.25) is 0 Å². The molecule has 2 unspecified atom stereocenters. The Hall–Kier alpha value is -0.180. The van der Waals surface area contributed by atoms with Gasteiger partial charge in [-0.25, -0.2) is 8.78 Å². The molecular weight excluding hydrogens is 232 g/mol. The number of rotatable bonds is 3. The van der Waals surface area contributed by atoms with Crippen LogP contribution in [0.5, 0.6) is 0 Å². The largest absolute Gasteiger partial charge is 0.327 e. The van der Waals surface area contributed by atoms with Crippen molar-refractivity contribution in [2.45, 2.75) is 82.6 Å². The molecule has 0 aliphatic heterocycles. The van der Waals surface area contributed by atoms with Crippen molar-refractivity contribution in [3.05, 3.63) is 0 Å². The molecule has 106 valence electrons. The maximum atomic E-state index is 13.2. The molecule has 0 aromatic carbocycles. The smallest absolute Gasteiger partial charge is 0.248 e. The van der Waals surface area contributed by atoms with E-state index in [0.717, 1.165) is 6.42 Å². The third-order valence-electron chi connectivity index (χ3n) is 4.87. The first-order chi connectivity index (χ1) is 8.57. The minimum Gasteiger partial charge on any atom is -0.327 e. The van der Waals surface area contributed by atoms with Gasteiger partial charge in [-0.2, -0.15) is 0 Å². The van der Waals surface area contributed by atoms with Gasteiger partial charge in [0.2, 0.25) is 5.92 Å². The van der Waals surface area contributed by atoms with Crippen LogP contribution in [-0.4, -0.2) is 12.0 Å². The molecular formula is C15H27F2N. The average Bonchev–Trinajstić information content (AvgIpc) is 2.57. The van der Waals surface area contributed by atoms with Gasteiger partial charge in [0.1, 0.15) is 0 Å². The summed E-state index contributed by atoms with van der Waals surface area (Å²) in [4.78, 5) is 0. The molecule has 2 aliphatic rings. The zero-order valence-corrected chi connectivity index (χ0v) is 11.3. The maximum Gasteiger partial charge on any atom is 0.248 e. The Kier molecular flexibility index (Phi) is 4.99. The molecule has 0 aromatic heterocycles. The van der Waals surface area contributed by atoms with Crippen LogP contribution in [0.4, 0.5) is 8.78 Å². The highest BCUT2D eigenvalue weighted by Crippen LogP contribution is 2.41. The van der Waals surface area contributed by atoms with E-state index < -0.39 is 5.92 Å². The van der Waals surface area contributed by atoms with E-state index in [1.165, 1.54) is 44.9 Å². The van der Waals surface area contributed by atoms with E-state index in [1.54, 1.807) is 0 Å². The molecule has 0 saturated heterocycles. The molecule has 0 spiro atoms. The van der Waals surface area contributed by atoms with Gasteiger partial charge in [-0.1, -0.05) is 32.1 Å². The second-order valence-corrected chi connectivity index (χ2v) is 6.47. The highest BCUT2D eigenvalue weighted by atomic mass is 19.3. The summed E-state index contributed by atoms with van der Waals surface area (Å²) in [7, 11) is 0. The summed E-state index contributed by atoms with van der Waals surface area (Å²) in [6, 6.07) is 0.155. The minimum atomic E-state index is -2.41. The standard InChI is InChI=1S/C15H27F2N/c16-15(17)9-8-12(11-15)10-14(18)13-6-4-2-1-3-5-7-13/h12-14H,1-11,18H2. The van der Waals surface area contributed by atoms with Crippen molar-refractivity contribution < 1.29 is 8.78 Å². The number of hydrogen-bond acceptors (Lipinski definition) is 1. The lowest BCUT2D eigenvalue weighted by Gasteiger charge is -2.27. The fourth-order valence-corrected chi connectivity index (χ4v) is 3.74. The molecule has 2 fully saturated rings. The summed E-state index contributed by atoms with van der Waals surface area (Å²) in [6.07, 6.45) is 10.6. The summed E-state index contributed by atoms with van der Waals surface area (Å²) in [5.41, 5.74) is 6.29. The summed E-state index contributed by atoms with van der Waals surface area (Å²) in [6.45, 7) is 0. The first-order valence-electron chi connectivity index (χ1n) is 7.70. The van der Waals surface area contributed by atoms with Gasteiger partial charge in [-0.15, -0.1) is 0 Å². The van der Waals surface area contributed by atoms with E-state index in [0.29, 0.717) is 12.3 Å². The molecule has 2 aliphatic carbocycles. The van der Waals surface area contributed by atoms with Crippen molar-refractivity contribution in [3.63, 3.8) is 0 Å². The number of hydrogen-bond donors (Lipinski definition) is 1. The van der Waals surface area contributed by atoms with E-state index >= 15 is 0 Å². The molecule has 0 radical (unpaired) electrons. The number of nitrogens with two attached hydrogens (primary N) is 1. The van der Waals surface area contributed by atoms with Crippen LogP contribution in [0.1, 0.15) is 70.6 Å². The molecule has 18 heavy (non-hydrogen) atoms. The van der Waals surface area contributed by atoms with Gasteiger partial charge >= 0.3 is 0 Å². The molecule has 0 aromatic rings. The molecule has 2 atom stereocenters. The lowest BCUT2D eigenvalue weighted by Crippen LogP contribution is -2.32. The van der Waals surface area contributed by atoms with Crippen molar-refractivity contribution in [3.8, 4) is 0 Å². The van der Waals surface area contributed by atoms with Crippen LogP contribution >= 0.6 is 0 Å². The van der Waals surface area contributed by atoms with Crippen molar-refractivity contribution >= 4 is 0 Å². The van der Waals surface area contributed by atoms with Crippen molar-refractivity contribution in [2.24, 2.45) is 17.6 Å². The topological polar surface area (TPSA) is 26.0 Å². The molecule has 0 bridgehead atoms. The monoisotopic (exact) mass is 259 g/mol. The second-order valence-electron chi connectivity index (χ2n) is 6.47. The predicted octanol–water partition coefficient (Wildman–Crippen LogP) is 4.50. The second kappa shape index (κ2) is 6.31. The van der Waals surface area contributed by atoms with E-state index in [4.69, 9.17) is 5.73 Å². The number of alkyl halides is 2. The highest BCUT2D eigenvalue weighted by molar-refractivity contribution is 4.85. The van der Waals surface area contributed by atoms with Gasteiger partial charge in [0.25, 0.3) is 0 Å².